The van der Waals surface area contributed by atoms with Gasteiger partial charge in [-0.05, 0) is 60.5 Å². The van der Waals surface area contributed by atoms with Crippen LogP contribution in [0.4, 0.5) is 0 Å². The number of nitrogens with zero attached hydrogens (tertiary/aromatic N) is 4. The predicted molar refractivity (Wildman–Crippen MR) is 122 cm³/mol. The lowest BCUT2D eigenvalue weighted by molar-refractivity contribution is 0.0745. The highest BCUT2D eigenvalue weighted by Gasteiger charge is 2.22. The van der Waals surface area contributed by atoms with Crippen molar-refractivity contribution in [1.29, 1.82) is 0 Å². The van der Waals surface area contributed by atoms with E-state index in [0.29, 0.717) is 28.1 Å². The summed E-state index contributed by atoms with van der Waals surface area (Å²) in [6, 6.07) is 13.1. The molecule has 0 radical (unpaired) electrons. The summed E-state index contributed by atoms with van der Waals surface area (Å²) >= 11 is 0. The molecule has 0 aliphatic heterocycles. The second kappa shape index (κ2) is 7.61. The maximum atomic E-state index is 12.9. The van der Waals surface area contributed by atoms with E-state index in [4.69, 9.17) is 4.98 Å². The Labute approximate surface area is 180 Å². The number of hydrogen-bond donors (Lipinski definition) is 0. The highest BCUT2D eigenvalue weighted by atomic mass is 16.2. The predicted octanol–water partition coefficient (Wildman–Crippen LogP) is 4.02. The molecule has 2 heterocycles. The Hall–Kier alpha value is -3.54. The third-order valence-corrected chi connectivity index (χ3v) is 6.27. The molecule has 6 nitrogen and oxygen atoms in total. The van der Waals surface area contributed by atoms with Gasteiger partial charge in [0.25, 0.3) is 11.5 Å². The van der Waals surface area contributed by atoms with Gasteiger partial charge in [-0.1, -0.05) is 12.5 Å². The van der Waals surface area contributed by atoms with Crippen LogP contribution in [0.2, 0.25) is 0 Å². The SMILES string of the molecule is CN(CC1CCC1)C(=O)c1ccc2ncc(-c3ccc4c(=O)n(C)ccc4c3)nc2c1. The molecule has 31 heavy (non-hydrogen) atoms. The molecule has 0 spiro atoms. The molecule has 1 saturated carbocycles. The minimum atomic E-state index is -0.0252. The lowest BCUT2D eigenvalue weighted by Gasteiger charge is -2.30. The van der Waals surface area contributed by atoms with Gasteiger partial charge in [0, 0.05) is 43.4 Å². The molecular formula is C25H24N4O2. The Morgan fingerprint density at radius 1 is 1.13 bits per heavy atom. The number of rotatable bonds is 4. The van der Waals surface area contributed by atoms with E-state index in [9.17, 15) is 9.59 Å². The normalized spacial score (nSPS) is 14.0. The second-order valence-corrected chi connectivity index (χ2v) is 8.48. The van der Waals surface area contributed by atoms with Gasteiger partial charge >= 0.3 is 0 Å². The number of amides is 1. The molecule has 1 aliphatic rings. The van der Waals surface area contributed by atoms with Crippen LogP contribution in [0.3, 0.4) is 0 Å². The van der Waals surface area contributed by atoms with Gasteiger partial charge in [0.05, 0.1) is 22.9 Å². The minimum Gasteiger partial charge on any atom is -0.341 e. The molecule has 5 rings (SSSR count). The molecule has 6 heteroatoms. The Morgan fingerprint density at radius 3 is 2.74 bits per heavy atom. The lowest BCUT2D eigenvalue weighted by atomic mass is 9.85. The summed E-state index contributed by atoms with van der Waals surface area (Å²) in [5.74, 6) is 0.646. The summed E-state index contributed by atoms with van der Waals surface area (Å²) < 4.78 is 1.57. The van der Waals surface area contributed by atoms with Crippen molar-refractivity contribution in [1.82, 2.24) is 19.4 Å². The van der Waals surface area contributed by atoms with Gasteiger partial charge in [0.2, 0.25) is 0 Å². The summed E-state index contributed by atoms with van der Waals surface area (Å²) in [6.07, 6.45) is 7.18. The standard InChI is InChI=1S/C25H24N4O2/c1-28-11-10-17-12-18(6-8-20(17)25(28)31)23-14-26-21-9-7-19(13-22(21)27-23)24(30)29(2)15-16-4-3-5-16/h6-14,16H,3-5,15H2,1-2H3. The third kappa shape index (κ3) is 3.58. The Bertz CT molecular complexity index is 1370. The molecule has 4 aromatic rings. The first kappa shape index (κ1) is 19.4. The van der Waals surface area contributed by atoms with E-state index in [2.05, 4.69) is 4.98 Å². The topological polar surface area (TPSA) is 68.1 Å². The van der Waals surface area contributed by atoms with Crippen LogP contribution in [-0.2, 0) is 7.05 Å². The summed E-state index contributed by atoms with van der Waals surface area (Å²) in [4.78, 5) is 36.3. The first-order valence-electron chi connectivity index (χ1n) is 10.6. The largest absolute Gasteiger partial charge is 0.341 e. The molecule has 2 aromatic heterocycles. The summed E-state index contributed by atoms with van der Waals surface area (Å²) in [5, 5.41) is 1.54. The summed E-state index contributed by atoms with van der Waals surface area (Å²) in [7, 11) is 3.61. The molecule has 0 bridgehead atoms. The van der Waals surface area contributed by atoms with E-state index < -0.39 is 0 Å². The number of fused-ring (bicyclic) bond motifs is 2. The minimum absolute atomic E-state index is 0.0163. The van der Waals surface area contributed by atoms with Gasteiger partial charge in [-0.3, -0.25) is 14.6 Å². The number of aromatic nitrogens is 3. The van der Waals surface area contributed by atoms with Crippen LogP contribution >= 0.6 is 0 Å². The number of hydrogen-bond acceptors (Lipinski definition) is 4. The molecule has 0 atom stereocenters. The van der Waals surface area contributed by atoms with Gasteiger partial charge in [0.15, 0.2) is 0 Å². The molecule has 1 amide bonds. The van der Waals surface area contributed by atoms with Crippen molar-refractivity contribution in [2.45, 2.75) is 19.3 Å². The number of carbonyl (C=O) groups is 1. The van der Waals surface area contributed by atoms with Crippen LogP contribution in [0, 0.1) is 5.92 Å². The molecule has 0 N–H and O–H groups in total. The van der Waals surface area contributed by atoms with E-state index >= 15 is 0 Å². The fraction of sp³-hybridized carbons (Fsp3) is 0.280. The van der Waals surface area contributed by atoms with Crippen molar-refractivity contribution in [3.05, 3.63) is 70.8 Å². The van der Waals surface area contributed by atoms with E-state index in [1.165, 1.54) is 19.3 Å². The molecular weight excluding hydrogens is 388 g/mol. The van der Waals surface area contributed by atoms with Crippen molar-refractivity contribution in [2.75, 3.05) is 13.6 Å². The lowest BCUT2D eigenvalue weighted by Crippen LogP contribution is -2.34. The first-order valence-corrected chi connectivity index (χ1v) is 10.6. The highest BCUT2D eigenvalue weighted by Crippen LogP contribution is 2.27. The van der Waals surface area contributed by atoms with E-state index in [1.807, 2.05) is 54.4 Å². The molecule has 1 fully saturated rings. The zero-order valence-electron chi connectivity index (χ0n) is 17.7. The van der Waals surface area contributed by atoms with E-state index in [1.54, 1.807) is 24.0 Å². The molecule has 156 valence electrons. The fourth-order valence-corrected chi connectivity index (χ4v) is 4.15. The first-order chi connectivity index (χ1) is 15.0. The molecule has 2 aromatic carbocycles. The van der Waals surface area contributed by atoms with E-state index in [0.717, 1.165) is 23.0 Å². The smallest absolute Gasteiger partial charge is 0.258 e. The summed E-state index contributed by atoms with van der Waals surface area (Å²) in [5.41, 5.74) is 3.63. The molecule has 1 aliphatic carbocycles. The van der Waals surface area contributed by atoms with Gasteiger partial charge < -0.3 is 9.47 Å². The fourth-order valence-electron chi connectivity index (χ4n) is 4.15. The zero-order valence-corrected chi connectivity index (χ0v) is 17.7. The Balaban J connectivity index is 1.49. The van der Waals surface area contributed by atoms with Crippen LogP contribution in [0.25, 0.3) is 33.1 Å². The average Bonchev–Trinajstić information content (AvgIpc) is 2.77. The second-order valence-electron chi connectivity index (χ2n) is 8.48. The van der Waals surface area contributed by atoms with Gasteiger partial charge in [-0.25, -0.2) is 4.98 Å². The average molecular weight is 412 g/mol. The quantitative estimate of drug-likeness (QED) is 0.508. The van der Waals surface area contributed by atoms with Gasteiger partial charge in [-0.15, -0.1) is 0 Å². The van der Waals surface area contributed by atoms with Crippen molar-refractivity contribution in [2.24, 2.45) is 13.0 Å². The zero-order chi connectivity index (χ0) is 21.5. The van der Waals surface area contributed by atoms with Crippen LogP contribution in [0.15, 0.2) is 59.7 Å². The Kier molecular flexibility index (Phi) is 4.77. The van der Waals surface area contributed by atoms with E-state index in [-0.39, 0.29) is 11.5 Å². The van der Waals surface area contributed by atoms with Gasteiger partial charge in [-0.2, -0.15) is 0 Å². The third-order valence-electron chi connectivity index (χ3n) is 6.27. The monoisotopic (exact) mass is 412 g/mol. The van der Waals surface area contributed by atoms with Gasteiger partial charge in [0.1, 0.15) is 0 Å². The van der Waals surface area contributed by atoms with Crippen LogP contribution in [0.5, 0.6) is 0 Å². The number of aryl methyl sites for hydroxylation is 1. The Morgan fingerprint density at radius 2 is 1.97 bits per heavy atom. The van der Waals surface area contributed by atoms with Crippen molar-refractivity contribution in [3.8, 4) is 11.3 Å². The summed E-state index contributed by atoms with van der Waals surface area (Å²) in [6.45, 7) is 0.805. The van der Waals surface area contributed by atoms with Crippen LogP contribution in [-0.4, -0.2) is 38.9 Å². The van der Waals surface area contributed by atoms with Crippen molar-refractivity contribution in [3.63, 3.8) is 0 Å². The maximum absolute atomic E-state index is 12.9. The number of pyridine rings is 1. The maximum Gasteiger partial charge on any atom is 0.258 e. The highest BCUT2D eigenvalue weighted by molar-refractivity contribution is 5.97. The van der Waals surface area contributed by atoms with Crippen LogP contribution in [0.1, 0.15) is 29.6 Å². The molecule has 0 saturated heterocycles. The molecule has 0 unspecified atom stereocenters. The van der Waals surface area contributed by atoms with Crippen molar-refractivity contribution < 1.29 is 4.79 Å². The van der Waals surface area contributed by atoms with Crippen LogP contribution < -0.4 is 5.56 Å². The van der Waals surface area contributed by atoms with Crippen molar-refractivity contribution >= 4 is 27.7 Å². The number of carbonyl (C=O) groups excluding carboxylic acids is 1. The number of benzene rings is 2.